The maximum Gasteiger partial charge on any atom is -0.0212 e. The highest BCUT2D eigenvalue weighted by Gasteiger charge is 2.69. The average Bonchev–Trinajstić information content (AvgIpc) is 2.58. The van der Waals surface area contributed by atoms with Gasteiger partial charge in [0.25, 0.3) is 0 Å². The monoisotopic (exact) mass is 164 g/mol. The fraction of sp³-hybridized carbons (Fsp3) is 1.00. The van der Waals surface area contributed by atoms with Crippen molar-refractivity contribution in [3.63, 3.8) is 0 Å². The van der Waals surface area contributed by atoms with Crippen LogP contribution in [0.5, 0.6) is 0 Å². The van der Waals surface area contributed by atoms with Crippen molar-refractivity contribution < 1.29 is 0 Å². The van der Waals surface area contributed by atoms with E-state index in [0.717, 1.165) is 22.7 Å². The molecule has 0 heterocycles. The summed E-state index contributed by atoms with van der Waals surface area (Å²) in [5.74, 6) is 2.19. The SMILES string of the molecule is CCC12CC3CCC1(C3)C(C)C2. The van der Waals surface area contributed by atoms with E-state index in [-0.39, 0.29) is 0 Å². The van der Waals surface area contributed by atoms with Gasteiger partial charge in [0.15, 0.2) is 0 Å². The van der Waals surface area contributed by atoms with E-state index in [0.29, 0.717) is 0 Å². The molecule has 0 N–H and O–H groups in total. The lowest BCUT2D eigenvalue weighted by molar-refractivity contribution is -0.123. The van der Waals surface area contributed by atoms with Crippen LogP contribution in [-0.4, -0.2) is 0 Å². The Hall–Kier alpha value is 0. The molecule has 0 aromatic carbocycles. The van der Waals surface area contributed by atoms with Gasteiger partial charge in [-0.25, -0.2) is 0 Å². The molecule has 2 bridgehead atoms. The van der Waals surface area contributed by atoms with Gasteiger partial charge < -0.3 is 0 Å². The summed E-state index contributed by atoms with van der Waals surface area (Å²) >= 11 is 0. The van der Waals surface area contributed by atoms with Gasteiger partial charge in [-0.2, -0.15) is 0 Å². The van der Waals surface area contributed by atoms with Gasteiger partial charge in [0.2, 0.25) is 0 Å². The molecule has 3 rings (SSSR count). The molecule has 68 valence electrons. The molecule has 0 aliphatic heterocycles. The van der Waals surface area contributed by atoms with Crippen LogP contribution in [0.3, 0.4) is 0 Å². The van der Waals surface area contributed by atoms with Crippen molar-refractivity contribution in [3.05, 3.63) is 0 Å². The third-order valence-corrected chi connectivity index (χ3v) is 5.70. The third kappa shape index (κ3) is 0.533. The second-order valence-corrected chi connectivity index (χ2v) is 5.71. The third-order valence-electron chi connectivity index (χ3n) is 5.70. The van der Waals surface area contributed by atoms with Crippen molar-refractivity contribution in [2.45, 2.75) is 52.4 Å². The predicted octanol–water partition coefficient (Wildman–Crippen LogP) is 3.61. The minimum Gasteiger partial charge on any atom is -0.0648 e. The lowest BCUT2D eigenvalue weighted by atomic mass is 9.43. The van der Waals surface area contributed by atoms with Gasteiger partial charge in [-0.3, -0.25) is 0 Å². The maximum atomic E-state index is 2.50. The van der Waals surface area contributed by atoms with Crippen LogP contribution in [0.25, 0.3) is 0 Å². The highest BCUT2D eigenvalue weighted by molar-refractivity contribution is 5.18. The van der Waals surface area contributed by atoms with E-state index in [4.69, 9.17) is 0 Å². The first-order valence-corrected chi connectivity index (χ1v) is 5.72. The van der Waals surface area contributed by atoms with Gasteiger partial charge in [-0.05, 0) is 61.2 Å². The van der Waals surface area contributed by atoms with Crippen LogP contribution < -0.4 is 0 Å². The van der Waals surface area contributed by atoms with Crippen LogP contribution in [-0.2, 0) is 0 Å². The first-order chi connectivity index (χ1) is 5.72. The molecular formula is C12H20. The molecule has 4 atom stereocenters. The Morgan fingerprint density at radius 3 is 2.58 bits per heavy atom. The van der Waals surface area contributed by atoms with E-state index in [1.165, 1.54) is 6.42 Å². The Bertz CT molecular complexity index is 218. The minimum atomic E-state index is 0.843. The number of fused-ring (bicyclic) bond motifs is 1. The van der Waals surface area contributed by atoms with Crippen LogP contribution in [0.4, 0.5) is 0 Å². The zero-order chi connectivity index (χ0) is 8.40. The Morgan fingerprint density at radius 1 is 1.25 bits per heavy atom. The highest BCUT2D eigenvalue weighted by atomic mass is 14.7. The first-order valence-electron chi connectivity index (χ1n) is 5.72. The standard InChI is InChI=1S/C12H20/c1-3-11-6-9(2)12(11)5-4-10(7-11)8-12/h9-10H,3-8H2,1-2H3. The Labute approximate surface area is 75.7 Å². The highest BCUT2D eigenvalue weighted by Crippen LogP contribution is 2.78. The van der Waals surface area contributed by atoms with Crippen molar-refractivity contribution in [2.75, 3.05) is 0 Å². The van der Waals surface area contributed by atoms with Crippen molar-refractivity contribution in [1.82, 2.24) is 0 Å². The molecule has 0 aromatic heterocycles. The largest absolute Gasteiger partial charge is 0.0648 e. The van der Waals surface area contributed by atoms with E-state index in [1.54, 1.807) is 32.1 Å². The molecule has 1 spiro atoms. The molecule has 3 aliphatic rings. The van der Waals surface area contributed by atoms with Gasteiger partial charge in [0, 0.05) is 0 Å². The molecule has 3 fully saturated rings. The zero-order valence-electron chi connectivity index (χ0n) is 8.40. The smallest absolute Gasteiger partial charge is 0.0212 e. The second-order valence-electron chi connectivity index (χ2n) is 5.71. The summed E-state index contributed by atoms with van der Waals surface area (Å²) in [6.07, 6.45) is 9.35. The summed E-state index contributed by atoms with van der Waals surface area (Å²) in [5.41, 5.74) is 1.70. The first kappa shape index (κ1) is 7.41. The molecule has 3 aliphatic carbocycles. The molecule has 0 aromatic rings. The van der Waals surface area contributed by atoms with Crippen LogP contribution in [0.15, 0.2) is 0 Å². The fourth-order valence-electron chi connectivity index (χ4n) is 5.14. The molecule has 4 unspecified atom stereocenters. The van der Waals surface area contributed by atoms with Gasteiger partial charge in [-0.15, -0.1) is 0 Å². The summed E-state index contributed by atoms with van der Waals surface area (Å²) in [6, 6.07) is 0. The summed E-state index contributed by atoms with van der Waals surface area (Å²) in [6.45, 7) is 4.93. The number of hydrogen-bond donors (Lipinski definition) is 0. The Balaban J connectivity index is 2.00. The van der Waals surface area contributed by atoms with Crippen LogP contribution >= 0.6 is 0 Å². The molecule has 0 amide bonds. The van der Waals surface area contributed by atoms with Crippen LogP contribution in [0.1, 0.15) is 52.4 Å². The summed E-state index contributed by atoms with van der Waals surface area (Å²) in [5, 5.41) is 0. The van der Waals surface area contributed by atoms with Crippen LogP contribution in [0.2, 0.25) is 0 Å². The van der Waals surface area contributed by atoms with Gasteiger partial charge >= 0.3 is 0 Å². The average molecular weight is 164 g/mol. The van der Waals surface area contributed by atoms with Crippen molar-refractivity contribution in [1.29, 1.82) is 0 Å². The summed E-state index contributed by atoms with van der Waals surface area (Å²) in [4.78, 5) is 0. The molecule has 0 saturated heterocycles. The summed E-state index contributed by atoms with van der Waals surface area (Å²) in [7, 11) is 0. The lowest BCUT2D eigenvalue weighted by Gasteiger charge is -2.61. The zero-order valence-corrected chi connectivity index (χ0v) is 8.40. The van der Waals surface area contributed by atoms with Gasteiger partial charge in [0.1, 0.15) is 0 Å². The van der Waals surface area contributed by atoms with Crippen LogP contribution in [0, 0.1) is 22.7 Å². The molecule has 0 heteroatoms. The summed E-state index contributed by atoms with van der Waals surface area (Å²) < 4.78 is 0. The molecule has 12 heavy (non-hydrogen) atoms. The van der Waals surface area contributed by atoms with E-state index < -0.39 is 0 Å². The van der Waals surface area contributed by atoms with E-state index in [1.807, 2.05) is 0 Å². The second kappa shape index (κ2) is 1.91. The van der Waals surface area contributed by atoms with Gasteiger partial charge in [0.05, 0.1) is 0 Å². The molecular weight excluding hydrogens is 144 g/mol. The minimum absolute atomic E-state index is 0.843. The van der Waals surface area contributed by atoms with E-state index >= 15 is 0 Å². The fourth-order valence-corrected chi connectivity index (χ4v) is 5.14. The van der Waals surface area contributed by atoms with Gasteiger partial charge in [-0.1, -0.05) is 13.8 Å². The molecule has 0 radical (unpaired) electrons. The lowest BCUT2D eigenvalue weighted by Crippen LogP contribution is -2.53. The number of rotatable bonds is 1. The normalized spacial score (nSPS) is 61.5. The van der Waals surface area contributed by atoms with E-state index in [9.17, 15) is 0 Å². The maximum absolute atomic E-state index is 2.50. The van der Waals surface area contributed by atoms with E-state index in [2.05, 4.69) is 13.8 Å². The predicted molar refractivity (Wildman–Crippen MR) is 50.9 cm³/mol. The Kier molecular flexibility index (Phi) is 1.18. The quantitative estimate of drug-likeness (QED) is 0.555. The Morgan fingerprint density at radius 2 is 2.08 bits per heavy atom. The number of hydrogen-bond acceptors (Lipinski definition) is 0. The topological polar surface area (TPSA) is 0 Å². The van der Waals surface area contributed by atoms with Crippen molar-refractivity contribution in [2.24, 2.45) is 22.7 Å². The molecule has 0 nitrogen and oxygen atoms in total. The van der Waals surface area contributed by atoms with Crippen molar-refractivity contribution >= 4 is 0 Å². The molecule has 3 saturated carbocycles. The van der Waals surface area contributed by atoms with Crippen molar-refractivity contribution in [3.8, 4) is 0 Å².